The van der Waals surface area contributed by atoms with Crippen LogP contribution in [-0.4, -0.2) is 60.0 Å². The van der Waals surface area contributed by atoms with Crippen LogP contribution in [-0.2, 0) is 18.9 Å². The monoisotopic (exact) mass is 426 g/mol. The Hall–Kier alpha value is -2.44. The van der Waals surface area contributed by atoms with Crippen molar-refractivity contribution >= 4 is 18.2 Å². The number of ether oxygens (including phenoxy) is 5. The largest absolute Gasteiger partial charge is 0.491 e. The fourth-order valence-corrected chi connectivity index (χ4v) is 2.68. The van der Waals surface area contributed by atoms with E-state index in [1.165, 1.54) is 11.1 Å². The second-order valence-corrected chi connectivity index (χ2v) is 6.75. The first-order chi connectivity index (χ1) is 15.3. The van der Waals surface area contributed by atoms with Gasteiger partial charge in [0.2, 0.25) is 0 Å². The molecule has 168 valence electrons. The highest BCUT2D eigenvalue weighted by atomic mass is 16.6. The second-order valence-electron chi connectivity index (χ2n) is 6.75. The van der Waals surface area contributed by atoms with E-state index in [9.17, 15) is 0 Å². The number of hydrogen-bond donors (Lipinski definition) is 0. The maximum Gasteiger partial charge on any atom is 0.119 e. The van der Waals surface area contributed by atoms with Gasteiger partial charge in [0.25, 0.3) is 0 Å². The molecule has 0 unspecified atom stereocenters. The van der Waals surface area contributed by atoms with Gasteiger partial charge in [-0.3, -0.25) is 0 Å². The third-order valence-electron chi connectivity index (χ3n) is 4.32. The first kappa shape index (κ1) is 24.8. The third-order valence-corrected chi connectivity index (χ3v) is 4.32. The van der Waals surface area contributed by atoms with Crippen LogP contribution in [0.1, 0.15) is 23.6 Å². The molecule has 0 N–H and O–H groups in total. The number of methoxy groups -OCH3 is 1. The molecule has 0 heterocycles. The van der Waals surface area contributed by atoms with E-state index in [2.05, 4.69) is 42.5 Å². The van der Waals surface area contributed by atoms with Crippen LogP contribution in [0.4, 0.5) is 0 Å². The van der Waals surface area contributed by atoms with Crippen molar-refractivity contribution in [1.29, 1.82) is 0 Å². The van der Waals surface area contributed by atoms with Crippen molar-refractivity contribution < 1.29 is 23.7 Å². The van der Waals surface area contributed by atoms with Gasteiger partial charge in [0.05, 0.1) is 46.2 Å². The van der Waals surface area contributed by atoms with Gasteiger partial charge < -0.3 is 23.7 Å². The average Bonchev–Trinajstić information content (AvgIpc) is 2.80. The molecule has 0 aromatic heterocycles. The van der Waals surface area contributed by atoms with E-state index in [1.807, 2.05) is 37.3 Å². The maximum absolute atomic E-state index is 5.71. The summed E-state index contributed by atoms with van der Waals surface area (Å²) in [4.78, 5) is 0. The quantitative estimate of drug-likeness (QED) is 0.280. The summed E-state index contributed by atoms with van der Waals surface area (Å²) >= 11 is 0. The predicted octanol–water partition coefficient (Wildman–Crippen LogP) is 4.97. The Labute approximate surface area is 186 Å². The minimum atomic E-state index is 0.508. The molecule has 2 aromatic rings. The second kappa shape index (κ2) is 16.3. The predicted molar refractivity (Wildman–Crippen MR) is 126 cm³/mol. The van der Waals surface area contributed by atoms with E-state index < -0.39 is 0 Å². The summed E-state index contributed by atoms with van der Waals surface area (Å²) in [6.07, 6.45) is 8.34. The topological polar surface area (TPSA) is 46.2 Å². The van der Waals surface area contributed by atoms with Crippen LogP contribution in [0.5, 0.6) is 5.75 Å². The molecule has 0 atom stereocenters. The summed E-state index contributed by atoms with van der Waals surface area (Å²) in [6.45, 7) is 6.48. The van der Waals surface area contributed by atoms with Crippen LogP contribution in [0.25, 0.3) is 18.2 Å². The van der Waals surface area contributed by atoms with Crippen LogP contribution >= 0.6 is 0 Å². The highest BCUT2D eigenvalue weighted by Crippen LogP contribution is 2.15. The molecule has 0 aliphatic rings. The van der Waals surface area contributed by atoms with E-state index in [1.54, 1.807) is 7.11 Å². The van der Waals surface area contributed by atoms with Gasteiger partial charge in [-0.25, -0.2) is 0 Å². The van der Waals surface area contributed by atoms with E-state index in [0.717, 1.165) is 11.3 Å². The van der Waals surface area contributed by atoms with E-state index in [-0.39, 0.29) is 0 Å². The van der Waals surface area contributed by atoms with Gasteiger partial charge in [0, 0.05) is 7.11 Å². The summed E-state index contributed by atoms with van der Waals surface area (Å²) in [5.74, 6) is 0.834. The molecule has 31 heavy (non-hydrogen) atoms. The SMILES string of the molecule is C/C=C/c1ccc(/C=C/c2ccc(OCCOCCOCCOCCOC)cc2)cc1. The van der Waals surface area contributed by atoms with Crippen molar-refractivity contribution in [3.05, 3.63) is 71.3 Å². The normalized spacial score (nSPS) is 11.5. The van der Waals surface area contributed by atoms with Crippen molar-refractivity contribution in [2.45, 2.75) is 6.92 Å². The highest BCUT2D eigenvalue weighted by molar-refractivity contribution is 5.70. The molecule has 2 aromatic carbocycles. The molecule has 0 fully saturated rings. The first-order valence-corrected chi connectivity index (χ1v) is 10.7. The lowest BCUT2D eigenvalue weighted by molar-refractivity contribution is 0.000164. The molecule has 5 heteroatoms. The molecular weight excluding hydrogens is 392 g/mol. The van der Waals surface area contributed by atoms with Gasteiger partial charge in [-0.2, -0.15) is 0 Å². The molecule has 0 aliphatic heterocycles. The van der Waals surface area contributed by atoms with Crippen molar-refractivity contribution in [1.82, 2.24) is 0 Å². The lowest BCUT2D eigenvalue weighted by atomic mass is 10.1. The Morgan fingerprint density at radius 1 is 0.548 bits per heavy atom. The number of allylic oxidation sites excluding steroid dienone is 1. The van der Waals surface area contributed by atoms with Crippen LogP contribution < -0.4 is 4.74 Å². The molecule has 0 saturated carbocycles. The molecule has 0 saturated heterocycles. The van der Waals surface area contributed by atoms with Crippen LogP contribution in [0.2, 0.25) is 0 Å². The Kier molecular flexibility index (Phi) is 13.0. The smallest absolute Gasteiger partial charge is 0.119 e. The van der Waals surface area contributed by atoms with Gasteiger partial charge in [0.15, 0.2) is 0 Å². The van der Waals surface area contributed by atoms with Crippen LogP contribution in [0.15, 0.2) is 54.6 Å². The van der Waals surface area contributed by atoms with E-state index in [4.69, 9.17) is 23.7 Å². The molecule has 2 rings (SSSR count). The van der Waals surface area contributed by atoms with Crippen molar-refractivity contribution in [2.75, 3.05) is 60.0 Å². The summed E-state index contributed by atoms with van der Waals surface area (Å²) < 4.78 is 26.9. The fraction of sp³-hybridized carbons (Fsp3) is 0.385. The van der Waals surface area contributed by atoms with Crippen molar-refractivity contribution in [3.8, 4) is 5.75 Å². The summed E-state index contributed by atoms with van der Waals surface area (Å²) in [5.41, 5.74) is 3.51. The maximum atomic E-state index is 5.71. The zero-order valence-corrected chi connectivity index (χ0v) is 18.6. The molecule has 0 bridgehead atoms. The summed E-state index contributed by atoms with van der Waals surface area (Å²) in [5, 5.41) is 0. The number of hydrogen-bond acceptors (Lipinski definition) is 5. The Morgan fingerprint density at radius 2 is 0.968 bits per heavy atom. The molecule has 0 radical (unpaired) electrons. The molecule has 0 spiro atoms. The summed E-state index contributed by atoms with van der Waals surface area (Å²) in [7, 11) is 1.65. The molecule has 5 nitrogen and oxygen atoms in total. The fourth-order valence-electron chi connectivity index (χ4n) is 2.68. The van der Waals surface area contributed by atoms with Gasteiger partial charge in [-0.05, 0) is 35.7 Å². The van der Waals surface area contributed by atoms with Crippen molar-refractivity contribution in [2.24, 2.45) is 0 Å². The summed E-state index contributed by atoms with van der Waals surface area (Å²) in [6, 6.07) is 16.5. The standard InChI is InChI=1S/C26H34O5/c1-3-4-23-5-7-24(8-6-23)9-10-25-11-13-26(14-12-25)31-22-21-30-20-19-29-18-17-28-16-15-27-2/h3-14H,15-22H2,1-2H3/b4-3+,10-9+. The lowest BCUT2D eigenvalue weighted by Crippen LogP contribution is -2.13. The number of rotatable bonds is 16. The van der Waals surface area contributed by atoms with Gasteiger partial charge in [-0.1, -0.05) is 60.7 Å². The molecule has 0 aliphatic carbocycles. The third kappa shape index (κ3) is 11.5. The van der Waals surface area contributed by atoms with E-state index in [0.29, 0.717) is 52.9 Å². The minimum absolute atomic E-state index is 0.508. The average molecular weight is 427 g/mol. The Balaban J connectivity index is 1.55. The molecule has 0 amide bonds. The first-order valence-electron chi connectivity index (χ1n) is 10.7. The Morgan fingerprint density at radius 3 is 1.45 bits per heavy atom. The zero-order valence-electron chi connectivity index (χ0n) is 18.6. The van der Waals surface area contributed by atoms with Gasteiger partial charge in [-0.15, -0.1) is 0 Å². The molecular formula is C26H34O5. The zero-order chi connectivity index (χ0) is 22.0. The van der Waals surface area contributed by atoms with Crippen molar-refractivity contribution in [3.63, 3.8) is 0 Å². The van der Waals surface area contributed by atoms with E-state index >= 15 is 0 Å². The minimum Gasteiger partial charge on any atom is -0.491 e. The van der Waals surface area contributed by atoms with Gasteiger partial charge >= 0.3 is 0 Å². The Bertz CT molecular complexity index is 750. The lowest BCUT2D eigenvalue weighted by Gasteiger charge is -2.08. The highest BCUT2D eigenvalue weighted by Gasteiger charge is 1.96. The van der Waals surface area contributed by atoms with Crippen LogP contribution in [0, 0.1) is 0 Å². The van der Waals surface area contributed by atoms with Gasteiger partial charge in [0.1, 0.15) is 12.4 Å². The number of benzene rings is 2. The van der Waals surface area contributed by atoms with Crippen LogP contribution in [0.3, 0.4) is 0 Å².